The van der Waals surface area contributed by atoms with Gasteiger partial charge in [-0.1, -0.05) is 23.7 Å². The lowest BCUT2D eigenvalue weighted by Crippen LogP contribution is -2.14. The Morgan fingerprint density at radius 1 is 1.24 bits per heavy atom. The first-order chi connectivity index (χ1) is 9.90. The molecule has 1 amide bonds. The minimum absolute atomic E-state index is 0.131. The molecule has 5 nitrogen and oxygen atoms in total. The molecule has 21 heavy (non-hydrogen) atoms. The second-order valence-corrected chi connectivity index (χ2v) is 5.06. The number of nitro groups is 1. The maximum absolute atomic E-state index is 12.2. The highest BCUT2D eigenvalue weighted by Gasteiger charge is 2.20. The van der Waals surface area contributed by atoms with Crippen molar-refractivity contribution in [2.24, 2.45) is 0 Å². The number of carbonyl (C=O) groups is 1. The van der Waals surface area contributed by atoms with Crippen molar-refractivity contribution < 1.29 is 9.72 Å². The fourth-order valence-electron chi connectivity index (χ4n) is 1.93. The number of benzene rings is 2. The fourth-order valence-corrected chi connectivity index (χ4v) is 2.12. The van der Waals surface area contributed by atoms with Crippen LogP contribution in [-0.4, -0.2) is 10.8 Å². The zero-order chi connectivity index (χ0) is 15.6. The standard InChI is InChI=1S/C15H13ClN2O3/c1-9-6-7-13(18(20)21)14(10(9)2)17-15(19)11-4-3-5-12(16)8-11/h3-8H,1-2H3,(H,17,19). The van der Waals surface area contributed by atoms with E-state index in [0.29, 0.717) is 16.1 Å². The highest BCUT2D eigenvalue weighted by Crippen LogP contribution is 2.30. The number of nitrogens with zero attached hydrogens (tertiary/aromatic N) is 1. The molecule has 0 fully saturated rings. The average molecular weight is 305 g/mol. The van der Waals surface area contributed by atoms with E-state index < -0.39 is 10.8 Å². The van der Waals surface area contributed by atoms with E-state index in [1.807, 2.05) is 6.92 Å². The smallest absolute Gasteiger partial charge is 0.293 e. The topological polar surface area (TPSA) is 72.2 Å². The van der Waals surface area contributed by atoms with Crippen molar-refractivity contribution in [3.05, 3.63) is 68.2 Å². The molecule has 0 aliphatic heterocycles. The van der Waals surface area contributed by atoms with Crippen LogP contribution < -0.4 is 5.32 Å². The third-order valence-electron chi connectivity index (χ3n) is 3.24. The first-order valence-electron chi connectivity index (χ1n) is 6.21. The van der Waals surface area contributed by atoms with Crippen molar-refractivity contribution in [1.29, 1.82) is 0 Å². The molecule has 0 unspecified atom stereocenters. The van der Waals surface area contributed by atoms with Gasteiger partial charge in [-0.15, -0.1) is 0 Å². The number of hydrogen-bond acceptors (Lipinski definition) is 3. The van der Waals surface area contributed by atoms with Crippen molar-refractivity contribution in [2.75, 3.05) is 5.32 Å². The summed E-state index contributed by atoms with van der Waals surface area (Å²) in [7, 11) is 0. The summed E-state index contributed by atoms with van der Waals surface area (Å²) in [6.07, 6.45) is 0. The predicted molar refractivity (Wildman–Crippen MR) is 82.0 cm³/mol. The molecule has 2 aromatic rings. The molecule has 0 heterocycles. The van der Waals surface area contributed by atoms with Crippen LogP contribution >= 0.6 is 11.6 Å². The van der Waals surface area contributed by atoms with E-state index in [1.54, 1.807) is 31.2 Å². The number of carbonyl (C=O) groups excluding carboxylic acids is 1. The molecule has 2 aromatic carbocycles. The third-order valence-corrected chi connectivity index (χ3v) is 3.47. The first kappa shape index (κ1) is 15.0. The largest absolute Gasteiger partial charge is 0.316 e. The summed E-state index contributed by atoms with van der Waals surface area (Å²) in [5.41, 5.74) is 1.96. The molecule has 0 saturated heterocycles. The third kappa shape index (κ3) is 3.20. The van der Waals surface area contributed by atoms with Gasteiger partial charge >= 0.3 is 0 Å². The summed E-state index contributed by atoms with van der Waals surface area (Å²) < 4.78 is 0. The molecule has 2 rings (SSSR count). The minimum atomic E-state index is -0.514. The van der Waals surface area contributed by atoms with E-state index in [0.717, 1.165) is 5.56 Å². The molecule has 0 aliphatic carbocycles. The van der Waals surface area contributed by atoms with Crippen LogP contribution in [-0.2, 0) is 0 Å². The van der Waals surface area contributed by atoms with Crippen molar-refractivity contribution in [3.63, 3.8) is 0 Å². The number of nitrogens with one attached hydrogen (secondary N) is 1. The summed E-state index contributed by atoms with van der Waals surface area (Å²) in [4.78, 5) is 22.8. The van der Waals surface area contributed by atoms with Crippen LogP contribution in [0.25, 0.3) is 0 Å². The van der Waals surface area contributed by atoms with Gasteiger partial charge in [0.1, 0.15) is 5.69 Å². The number of aryl methyl sites for hydroxylation is 1. The molecule has 0 spiro atoms. The van der Waals surface area contributed by atoms with Crippen LogP contribution in [0.2, 0.25) is 5.02 Å². The van der Waals surface area contributed by atoms with Gasteiger partial charge in [0.2, 0.25) is 0 Å². The summed E-state index contributed by atoms with van der Waals surface area (Å²) in [6, 6.07) is 9.44. The predicted octanol–water partition coefficient (Wildman–Crippen LogP) is 4.12. The van der Waals surface area contributed by atoms with E-state index in [4.69, 9.17) is 11.6 Å². The maximum Gasteiger partial charge on any atom is 0.293 e. The lowest BCUT2D eigenvalue weighted by Gasteiger charge is -2.11. The minimum Gasteiger partial charge on any atom is -0.316 e. The maximum atomic E-state index is 12.2. The molecule has 1 N–H and O–H groups in total. The Hall–Kier alpha value is -2.40. The Kier molecular flexibility index (Phi) is 4.23. The zero-order valence-corrected chi connectivity index (χ0v) is 12.3. The van der Waals surface area contributed by atoms with Crippen LogP contribution in [0.3, 0.4) is 0 Å². The van der Waals surface area contributed by atoms with E-state index >= 15 is 0 Å². The number of rotatable bonds is 3. The normalized spacial score (nSPS) is 10.2. The first-order valence-corrected chi connectivity index (χ1v) is 6.59. The number of nitro benzene ring substituents is 1. The highest BCUT2D eigenvalue weighted by molar-refractivity contribution is 6.31. The summed E-state index contributed by atoms with van der Waals surface area (Å²) in [6.45, 7) is 3.56. The van der Waals surface area contributed by atoms with Crippen molar-refractivity contribution >= 4 is 28.9 Å². The molecular weight excluding hydrogens is 292 g/mol. The summed E-state index contributed by atoms with van der Waals surface area (Å²) >= 11 is 5.84. The van der Waals surface area contributed by atoms with Gasteiger partial charge in [-0.25, -0.2) is 0 Å². The Labute approximate surface area is 126 Å². The molecule has 0 aromatic heterocycles. The Morgan fingerprint density at radius 2 is 1.95 bits per heavy atom. The lowest BCUT2D eigenvalue weighted by atomic mass is 10.1. The van der Waals surface area contributed by atoms with Crippen LogP contribution in [0.5, 0.6) is 0 Å². The van der Waals surface area contributed by atoms with Crippen molar-refractivity contribution in [3.8, 4) is 0 Å². The second kappa shape index (κ2) is 5.93. The molecule has 0 bridgehead atoms. The van der Waals surface area contributed by atoms with E-state index in [1.165, 1.54) is 12.1 Å². The van der Waals surface area contributed by atoms with Gasteiger partial charge in [0.25, 0.3) is 11.6 Å². The van der Waals surface area contributed by atoms with Gasteiger partial charge in [0, 0.05) is 16.7 Å². The van der Waals surface area contributed by atoms with Crippen LogP contribution in [0.15, 0.2) is 36.4 Å². The van der Waals surface area contributed by atoms with Gasteiger partial charge < -0.3 is 5.32 Å². The average Bonchev–Trinajstić information content (AvgIpc) is 2.43. The second-order valence-electron chi connectivity index (χ2n) is 4.62. The molecule has 0 atom stereocenters. The number of halogens is 1. The van der Waals surface area contributed by atoms with E-state index in [9.17, 15) is 14.9 Å². The van der Waals surface area contributed by atoms with Gasteiger partial charge in [0.05, 0.1) is 4.92 Å². The van der Waals surface area contributed by atoms with Gasteiger partial charge in [-0.3, -0.25) is 14.9 Å². The van der Waals surface area contributed by atoms with E-state index in [-0.39, 0.29) is 11.4 Å². The van der Waals surface area contributed by atoms with Gasteiger partial charge in [0.15, 0.2) is 0 Å². The molecule has 6 heteroatoms. The summed E-state index contributed by atoms with van der Waals surface area (Å²) in [5.74, 6) is -0.436. The summed E-state index contributed by atoms with van der Waals surface area (Å²) in [5, 5.41) is 14.1. The number of anilines is 1. The van der Waals surface area contributed by atoms with Crippen molar-refractivity contribution in [1.82, 2.24) is 0 Å². The number of hydrogen-bond donors (Lipinski definition) is 1. The van der Waals surface area contributed by atoms with Gasteiger partial charge in [-0.2, -0.15) is 0 Å². The molecule has 0 saturated carbocycles. The quantitative estimate of drug-likeness (QED) is 0.685. The highest BCUT2D eigenvalue weighted by atomic mass is 35.5. The molecule has 108 valence electrons. The Morgan fingerprint density at radius 3 is 2.57 bits per heavy atom. The van der Waals surface area contributed by atoms with Crippen LogP contribution in [0.4, 0.5) is 11.4 Å². The Balaban J connectivity index is 2.41. The molecular formula is C15H13ClN2O3. The number of amides is 1. The van der Waals surface area contributed by atoms with Crippen molar-refractivity contribution in [2.45, 2.75) is 13.8 Å². The molecule has 0 radical (unpaired) electrons. The van der Waals surface area contributed by atoms with E-state index in [2.05, 4.69) is 5.32 Å². The monoisotopic (exact) mass is 304 g/mol. The Bertz CT molecular complexity index is 729. The van der Waals surface area contributed by atoms with Gasteiger partial charge in [-0.05, 0) is 43.2 Å². The zero-order valence-electron chi connectivity index (χ0n) is 11.5. The molecule has 0 aliphatic rings. The van der Waals surface area contributed by atoms with Crippen LogP contribution in [0, 0.1) is 24.0 Å². The SMILES string of the molecule is Cc1ccc([N+](=O)[O-])c(NC(=O)c2cccc(Cl)c2)c1C. The lowest BCUT2D eigenvalue weighted by molar-refractivity contribution is -0.384. The fraction of sp³-hybridized carbons (Fsp3) is 0.133. The van der Waals surface area contributed by atoms with Crippen LogP contribution in [0.1, 0.15) is 21.5 Å².